The molecule has 1 aromatic heterocycles. The normalized spacial score (nSPS) is 12.3. The minimum absolute atomic E-state index is 0.0280. The van der Waals surface area contributed by atoms with Gasteiger partial charge in [-0.2, -0.15) is 5.10 Å². The molecule has 0 fully saturated rings. The highest BCUT2D eigenvalue weighted by molar-refractivity contribution is 6.42. The Morgan fingerprint density at radius 2 is 2.00 bits per heavy atom. The van der Waals surface area contributed by atoms with Gasteiger partial charge < -0.3 is 4.90 Å². The number of carbonyl (C=O) groups is 1. The fourth-order valence-corrected chi connectivity index (χ4v) is 3.25. The molecule has 2 rings (SSSR count). The van der Waals surface area contributed by atoms with Gasteiger partial charge in [0.05, 0.1) is 21.7 Å². The van der Waals surface area contributed by atoms with E-state index in [1.165, 1.54) is 0 Å². The summed E-state index contributed by atoms with van der Waals surface area (Å²) >= 11 is 12.2. The molecular formula is C17H21Cl2N3O. The van der Waals surface area contributed by atoms with Gasteiger partial charge >= 0.3 is 0 Å². The van der Waals surface area contributed by atoms with E-state index in [9.17, 15) is 4.79 Å². The summed E-state index contributed by atoms with van der Waals surface area (Å²) in [6, 6.07) is 5.45. The first-order valence-corrected chi connectivity index (χ1v) is 8.17. The predicted molar refractivity (Wildman–Crippen MR) is 94.0 cm³/mol. The van der Waals surface area contributed by atoms with E-state index in [-0.39, 0.29) is 11.8 Å². The highest BCUT2D eigenvalue weighted by Crippen LogP contribution is 2.28. The SMILES string of the molecule is Cc1nn(C)c(C)c1[C@@H](C)C(=O)N(C)Cc1cccc(Cl)c1Cl. The molecule has 0 radical (unpaired) electrons. The molecule has 0 unspecified atom stereocenters. The smallest absolute Gasteiger partial charge is 0.230 e. The van der Waals surface area contributed by atoms with Crippen molar-refractivity contribution in [1.82, 2.24) is 14.7 Å². The van der Waals surface area contributed by atoms with Crippen molar-refractivity contribution < 1.29 is 4.79 Å². The molecule has 0 aliphatic carbocycles. The van der Waals surface area contributed by atoms with Crippen LogP contribution in [-0.2, 0) is 18.4 Å². The second-order valence-electron chi connectivity index (χ2n) is 5.84. The van der Waals surface area contributed by atoms with Gasteiger partial charge in [0.25, 0.3) is 0 Å². The van der Waals surface area contributed by atoms with Gasteiger partial charge in [0.1, 0.15) is 0 Å². The molecule has 0 aliphatic rings. The fourth-order valence-electron chi connectivity index (χ4n) is 2.87. The quantitative estimate of drug-likeness (QED) is 0.829. The Morgan fingerprint density at radius 3 is 2.57 bits per heavy atom. The van der Waals surface area contributed by atoms with Crippen LogP contribution in [0.15, 0.2) is 18.2 Å². The monoisotopic (exact) mass is 353 g/mol. The molecule has 4 nitrogen and oxygen atoms in total. The van der Waals surface area contributed by atoms with Crippen LogP contribution in [0.5, 0.6) is 0 Å². The minimum Gasteiger partial charge on any atom is -0.341 e. The number of aromatic nitrogens is 2. The zero-order valence-corrected chi connectivity index (χ0v) is 15.5. The molecule has 0 N–H and O–H groups in total. The second-order valence-corrected chi connectivity index (χ2v) is 6.62. The molecule has 0 saturated heterocycles. The summed E-state index contributed by atoms with van der Waals surface area (Å²) in [6.07, 6.45) is 0. The number of nitrogens with zero attached hydrogens (tertiary/aromatic N) is 3. The van der Waals surface area contributed by atoms with Gasteiger partial charge in [-0.25, -0.2) is 0 Å². The first-order valence-electron chi connectivity index (χ1n) is 7.42. The maximum atomic E-state index is 12.8. The number of benzene rings is 1. The van der Waals surface area contributed by atoms with Crippen molar-refractivity contribution in [2.24, 2.45) is 7.05 Å². The molecule has 1 heterocycles. The van der Waals surface area contributed by atoms with Crippen LogP contribution in [0, 0.1) is 13.8 Å². The maximum Gasteiger partial charge on any atom is 0.230 e. The molecular weight excluding hydrogens is 333 g/mol. The maximum absolute atomic E-state index is 12.8. The Labute approximate surface area is 147 Å². The van der Waals surface area contributed by atoms with E-state index in [1.54, 1.807) is 18.0 Å². The van der Waals surface area contributed by atoms with Gasteiger partial charge in [0, 0.05) is 31.9 Å². The van der Waals surface area contributed by atoms with Crippen molar-refractivity contribution in [3.8, 4) is 0 Å². The largest absolute Gasteiger partial charge is 0.341 e. The van der Waals surface area contributed by atoms with Gasteiger partial charge in [0.15, 0.2) is 0 Å². The number of carbonyl (C=O) groups excluding carboxylic acids is 1. The average molecular weight is 354 g/mol. The summed E-state index contributed by atoms with van der Waals surface area (Å²) in [5.41, 5.74) is 3.72. The Hall–Kier alpha value is -1.52. The minimum atomic E-state index is -0.258. The molecule has 0 saturated carbocycles. The van der Waals surface area contributed by atoms with Gasteiger partial charge in [-0.05, 0) is 32.4 Å². The molecule has 124 valence electrons. The van der Waals surface area contributed by atoms with Crippen molar-refractivity contribution >= 4 is 29.1 Å². The van der Waals surface area contributed by atoms with E-state index in [0.29, 0.717) is 16.6 Å². The molecule has 23 heavy (non-hydrogen) atoms. The van der Waals surface area contributed by atoms with Crippen LogP contribution in [0.1, 0.15) is 35.4 Å². The summed E-state index contributed by atoms with van der Waals surface area (Å²) in [7, 11) is 3.66. The summed E-state index contributed by atoms with van der Waals surface area (Å²) in [5.74, 6) is -0.230. The van der Waals surface area contributed by atoms with E-state index in [2.05, 4.69) is 5.10 Å². The third kappa shape index (κ3) is 3.54. The van der Waals surface area contributed by atoms with Crippen molar-refractivity contribution in [3.05, 3.63) is 50.8 Å². The van der Waals surface area contributed by atoms with Gasteiger partial charge in [-0.15, -0.1) is 0 Å². The molecule has 6 heteroatoms. The second kappa shape index (κ2) is 6.93. The lowest BCUT2D eigenvalue weighted by Crippen LogP contribution is -2.30. The topological polar surface area (TPSA) is 38.1 Å². The van der Waals surface area contributed by atoms with Crippen LogP contribution in [-0.4, -0.2) is 27.6 Å². The van der Waals surface area contributed by atoms with Crippen LogP contribution in [0.3, 0.4) is 0 Å². The van der Waals surface area contributed by atoms with Gasteiger partial charge in [-0.3, -0.25) is 9.48 Å². The summed E-state index contributed by atoms with van der Waals surface area (Å²) < 4.78 is 1.81. The van der Waals surface area contributed by atoms with Gasteiger partial charge in [-0.1, -0.05) is 35.3 Å². The summed E-state index contributed by atoms with van der Waals surface area (Å²) in [6.45, 7) is 6.24. The van der Waals surface area contributed by atoms with Crippen molar-refractivity contribution in [1.29, 1.82) is 0 Å². The number of hydrogen-bond donors (Lipinski definition) is 0. The fraction of sp³-hybridized carbons (Fsp3) is 0.412. The lowest BCUT2D eigenvalue weighted by molar-refractivity contribution is -0.131. The number of hydrogen-bond acceptors (Lipinski definition) is 2. The van der Waals surface area contributed by atoms with Crippen molar-refractivity contribution in [3.63, 3.8) is 0 Å². The molecule has 1 atom stereocenters. The third-order valence-electron chi connectivity index (χ3n) is 4.18. The Bertz CT molecular complexity index is 740. The Balaban J connectivity index is 2.20. The molecule has 0 bridgehead atoms. The lowest BCUT2D eigenvalue weighted by atomic mass is 9.97. The number of halogens is 2. The van der Waals surface area contributed by atoms with Crippen LogP contribution in [0.2, 0.25) is 10.0 Å². The zero-order valence-electron chi connectivity index (χ0n) is 14.0. The van der Waals surface area contributed by atoms with E-state index in [1.807, 2.05) is 44.6 Å². The first-order chi connectivity index (χ1) is 10.7. The highest BCUT2D eigenvalue weighted by atomic mass is 35.5. The Morgan fingerprint density at radius 1 is 1.35 bits per heavy atom. The number of amides is 1. The van der Waals surface area contributed by atoms with Crippen LogP contribution in [0.25, 0.3) is 0 Å². The van der Waals surface area contributed by atoms with Crippen LogP contribution in [0.4, 0.5) is 0 Å². The first kappa shape index (κ1) is 17.8. The summed E-state index contributed by atoms with van der Waals surface area (Å²) in [4.78, 5) is 14.4. The number of rotatable bonds is 4. The molecule has 2 aromatic rings. The number of aryl methyl sites for hydroxylation is 2. The molecule has 1 aromatic carbocycles. The van der Waals surface area contributed by atoms with E-state index in [4.69, 9.17) is 23.2 Å². The van der Waals surface area contributed by atoms with Crippen LogP contribution < -0.4 is 0 Å². The van der Waals surface area contributed by atoms with E-state index in [0.717, 1.165) is 22.5 Å². The third-order valence-corrected chi connectivity index (χ3v) is 5.04. The van der Waals surface area contributed by atoms with Gasteiger partial charge in [0.2, 0.25) is 5.91 Å². The van der Waals surface area contributed by atoms with Crippen LogP contribution >= 0.6 is 23.2 Å². The predicted octanol–water partition coefficient (Wildman–Crippen LogP) is 4.11. The van der Waals surface area contributed by atoms with Crippen molar-refractivity contribution in [2.75, 3.05) is 7.05 Å². The molecule has 1 amide bonds. The summed E-state index contributed by atoms with van der Waals surface area (Å²) in [5, 5.41) is 5.38. The molecule has 0 spiro atoms. The average Bonchev–Trinajstić information content (AvgIpc) is 2.75. The lowest BCUT2D eigenvalue weighted by Gasteiger charge is -2.22. The standard InChI is InChI=1S/C17H21Cl2N3O/c1-10(15-11(2)20-22(5)12(15)3)17(23)21(4)9-13-7-6-8-14(18)16(13)19/h6-8,10H,9H2,1-5H3/t10-/m1/s1. The number of likely N-dealkylation sites (N-methyl/N-ethyl adjacent to an activating group) is 1. The van der Waals surface area contributed by atoms with E-state index >= 15 is 0 Å². The zero-order chi connectivity index (χ0) is 17.3. The highest BCUT2D eigenvalue weighted by Gasteiger charge is 2.25. The van der Waals surface area contributed by atoms with E-state index < -0.39 is 0 Å². The molecule has 0 aliphatic heterocycles. The van der Waals surface area contributed by atoms with Crippen molar-refractivity contribution in [2.45, 2.75) is 33.2 Å². The Kier molecular flexibility index (Phi) is 5.37.